The Balaban J connectivity index is 1.39. The lowest BCUT2D eigenvalue weighted by Crippen LogP contribution is -2.21. The fourth-order valence-corrected chi connectivity index (χ4v) is 3.28. The Labute approximate surface area is 186 Å². The lowest BCUT2D eigenvalue weighted by Gasteiger charge is -2.17. The van der Waals surface area contributed by atoms with Gasteiger partial charge in [0, 0.05) is 31.1 Å². The van der Waals surface area contributed by atoms with E-state index < -0.39 is 5.97 Å². The van der Waals surface area contributed by atoms with Crippen LogP contribution in [0.15, 0.2) is 42.5 Å². The fraction of sp³-hybridized carbons (Fsp3) is 0.333. The first-order chi connectivity index (χ1) is 15.4. The van der Waals surface area contributed by atoms with Crippen LogP contribution >= 0.6 is 0 Å². The number of carbonyl (C=O) groups is 4. The molecule has 0 atom stereocenters. The van der Waals surface area contributed by atoms with E-state index in [-0.39, 0.29) is 30.8 Å². The summed E-state index contributed by atoms with van der Waals surface area (Å²) in [5, 5.41) is 5.52. The zero-order chi connectivity index (χ0) is 22.9. The van der Waals surface area contributed by atoms with E-state index in [1.54, 1.807) is 30.3 Å². The van der Waals surface area contributed by atoms with Crippen LogP contribution in [0.25, 0.3) is 0 Å². The molecule has 3 rings (SSSR count). The van der Waals surface area contributed by atoms with Gasteiger partial charge in [0.2, 0.25) is 11.8 Å². The molecular formula is C24H26N2O6. The van der Waals surface area contributed by atoms with Gasteiger partial charge in [0.05, 0.1) is 0 Å². The highest BCUT2D eigenvalue weighted by Gasteiger charge is 2.16. The molecule has 0 aromatic heterocycles. The predicted octanol–water partition coefficient (Wildman–Crippen LogP) is 2.44. The zero-order valence-corrected chi connectivity index (χ0v) is 17.9. The van der Waals surface area contributed by atoms with Crippen molar-refractivity contribution in [2.24, 2.45) is 0 Å². The minimum Gasteiger partial charge on any atom is -0.482 e. The lowest BCUT2D eigenvalue weighted by molar-refractivity contribution is -0.144. The van der Waals surface area contributed by atoms with Gasteiger partial charge in [0.25, 0.3) is 0 Å². The maximum atomic E-state index is 12.3. The molecule has 2 aromatic carbocycles. The highest BCUT2D eigenvalue weighted by atomic mass is 16.6. The summed E-state index contributed by atoms with van der Waals surface area (Å²) in [5.74, 6) is -0.511. The van der Waals surface area contributed by atoms with Crippen LogP contribution < -0.4 is 15.4 Å². The number of aryl methyl sites for hydroxylation is 2. The molecule has 0 aliphatic carbocycles. The summed E-state index contributed by atoms with van der Waals surface area (Å²) in [6.07, 6.45) is 2.63. The second-order valence-electron chi connectivity index (χ2n) is 7.52. The second-order valence-corrected chi connectivity index (χ2v) is 7.52. The van der Waals surface area contributed by atoms with E-state index in [9.17, 15) is 19.2 Å². The molecule has 8 nitrogen and oxygen atoms in total. The lowest BCUT2D eigenvalue weighted by atomic mass is 10.0. The van der Waals surface area contributed by atoms with Gasteiger partial charge < -0.3 is 20.1 Å². The van der Waals surface area contributed by atoms with Crippen molar-refractivity contribution in [1.29, 1.82) is 0 Å². The van der Waals surface area contributed by atoms with E-state index in [1.165, 1.54) is 6.92 Å². The van der Waals surface area contributed by atoms with Crippen LogP contribution in [-0.2, 0) is 32.0 Å². The van der Waals surface area contributed by atoms with Crippen molar-refractivity contribution in [3.05, 3.63) is 59.2 Å². The average Bonchev–Trinajstić information content (AvgIpc) is 2.79. The molecule has 0 unspecified atom stereocenters. The van der Waals surface area contributed by atoms with Gasteiger partial charge in [0.15, 0.2) is 19.0 Å². The summed E-state index contributed by atoms with van der Waals surface area (Å²) < 4.78 is 10.5. The van der Waals surface area contributed by atoms with Crippen molar-refractivity contribution in [2.45, 2.75) is 32.6 Å². The van der Waals surface area contributed by atoms with Crippen molar-refractivity contribution >= 4 is 29.3 Å². The molecule has 168 valence electrons. The number of hydrogen-bond acceptors (Lipinski definition) is 6. The van der Waals surface area contributed by atoms with Crippen LogP contribution in [0.5, 0.6) is 5.75 Å². The molecule has 0 saturated heterocycles. The molecule has 0 radical (unpaired) electrons. The molecule has 8 heteroatoms. The van der Waals surface area contributed by atoms with E-state index >= 15 is 0 Å². The third-order valence-corrected chi connectivity index (χ3v) is 4.99. The monoisotopic (exact) mass is 438 g/mol. The Morgan fingerprint density at radius 3 is 2.56 bits per heavy atom. The normalized spacial score (nSPS) is 12.3. The molecule has 2 N–H and O–H groups in total. The molecule has 0 saturated carbocycles. The number of benzene rings is 2. The summed E-state index contributed by atoms with van der Waals surface area (Å²) in [4.78, 5) is 46.5. The van der Waals surface area contributed by atoms with Crippen LogP contribution in [0.3, 0.4) is 0 Å². The summed E-state index contributed by atoms with van der Waals surface area (Å²) in [5.41, 5.74) is 3.22. The molecule has 0 bridgehead atoms. The molecule has 1 heterocycles. The zero-order valence-electron chi connectivity index (χ0n) is 17.9. The van der Waals surface area contributed by atoms with Crippen molar-refractivity contribution in [2.75, 3.05) is 25.1 Å². The number of nitrogens with one attached hydrogen (secondary N) is 2. The number of rotatable bonds is 10. The van der Waals surface area contributed by atoms with E-state index in [1.807, 2.05) is 12.1 Å². The minimum absolute atomic E-state index is 0.0176. The topological polar surface area (TPSA) is 111 Å². The number of carbonyl (C=O) groups excluding carboxylic acids is 4. The number of hydrogen-bond donors (Lipinski definition) is 2. The smallest absolute Gasteiger partial charge is 0.344 e. The third kappa shape index (κ3) is 6.94. The fourth-order valence-electron chi connectivity index (χ4n) is 3.28. The van der Waals surface area contributed by atoms with Gasteiger partial charge in [-0.05, 0) is 48.6 Å². The number of amides is 2. The van der Waals surface area contributed by atoms with E-state index in [0.717, 1.165) is 29.7 Å². The standard InChI is InChI=1S/C24H26N2O6/c1-16(27)25-12-2-3-17-4-6-18(7-5-17)22(28)14-32-24(30)15-31-20-9-10-21-19(13-20)8-11-23(29)26-21/h4-7,9-10,13H,2-3,8,11-12,14-15H2,1H3,(H,25,27)(H,26,29). The Hall–Kier alpha value is -3.68. The molecule has 2 amide bonds. The van der Waals surface area contributed by atoms with Gasteiger partial charge in [-0.15, -0.1) is 0 Å². The number of Topliss-reactive ketones (excluding diaryl/α,β-unsaturated/α-hetero) is 1. The van der Waals surface area contributed by atoms with Crippen LogP contribution in [0.2, 0.25) is 0 Å². The maximum absolute atomic E-state index is 12.3. The van der Waals surface area contributed by atoms with Crippen LogP contribution in [0.4, 0.5) is 5.69 Å². The first-order valence-electron chi connectivity index (χ1n) is 10.5. The highest BCUT2D eigenvalue weighted by molar-refractivity contribution is 5.98. The Bertz CT molecular complexity index is 1000. The Kier molecular flexibility index (Phi) is 7.96. The number of ketones is 1. The van der Waals surface area contributed by atoms with Crippen molar-refractivity contribution in [3.8, 4) is 5.75 Å². The molecule has 2 aromatic rings. The second kappa shape index (κ2) is 11.1. The molecule has 1 aliphatic heterocycles. The first-order valence-corrected chi connectivity index (χ1v) is 10.5. The van der Waals surface area contributed by atoms with Gasteiger partial charge in [-0.3, -0.25) is 14.4 Å². The SMILES string of the molecule is CC(=O)NCCCc1ccc(C(=O)COC(=O)COc2ccc3c(c2)CCC(=O)N3)cc1. The van der Waals surface area contributed by atoms with E-state index in [0.29, 0.717) is 30.7 Å². The van der Waals surface area contributed by atoms with Crippen LogP contribution in [0, 0.1) is 0 Å². The maximum Gasteiger partial charge on any atom is 0.344 e. The molecular weight excluding hydrogens is 412 g/mol. The van der Waals surface area contributed by atoms with Crippen LogP contribution in [0.1, 0.15) is 41.3 Å². The first kappa shape index (κ1) is 23.0. The van der Waals surface area contributed by atoms with Crippen LogP contribution in [-0.4, -0.2) is 43.3 Å². The van der Waals surface area contributed by atoms with Gasteiger partial charge in [-0.1, -0.05) is 24.3 Å². The minimum atomic E-state index is -0.640. The Morgan fingerprint density at radius 1 is 1.03 bits per heavy atom. The van der Waals surface area contributed by atoms with Crippen molar-refractivity contribution in [1.82, 2.24) is 5.32 Å². The molecule has 32 heavy (non-hydrogen) atoms. The molecule has 0 spiro atoms. The van der Waals surface area contributed by atoms with E-state index in [4.69, 9.17) is 9.47 Å². The number of anilines is 1. The summed E-state index contributed by atoms with van der Waals surface area (Å²) in [7, 11) is 0. The number of ether oxygens (including phenoxy) is 2. The van der Waals surface area contributed by atoms with E-state index in [2.05, 4.69) is 10.6 Å². The van der Waals surface area contributed by atoms with Crippen molar-refractivity contribution < 1.29 is 28.7 Å². The highest BCUT2D eigenvalue weighted by Crippen LogP contribution is 2.26. The van der Waals surface area contributed by atoms with Crippen molar-refractivity contribution in [3.63, 3.8) is 0 Å². The molecule has 0 fully saturated rings. The Morgan fingerprint density at radius 2 is 1.81 bits per heavy atom. The predicted molar refractivity (Wildman–Crippen MR) is 118 cm³/mol. The number of fused-ring (bicyclic) bond motifs is 1. The molecule has 1 aliphatic rings. The van der Waals surface area contributed by atoms with Gasteiger partial charge in [0.1, 0.15) is 5.75 Å². The van der Waals surface area contributed by atoms with Gasteiger partial charge in [-0.2, -0.15) is 0 Å². The summed E-state index contributed by atoms with van der Waals surface area (Å²) in [6, 6.07) is 12.3. The summed E-state index contributed by atoms with van der Waals surface area (Å²) in [6.45, 7) is 1.41. The largest absolute Gasteiger partial charge is 0.482 e. The average molecular weight is 438 g/mol. The van der Waals surface area contributed by atoms with Gasteiger partial charge in [-0.25, -0.2) is 4.79 Å². The number of esters is 1. The summed E-state index contributed by atoms with van der Waals surface area (Å²) >= 11 is 0. The van der Waals surface area contributed by atoms with Gasteiger partial charge >= 0.3 is 5.97 Å². The quantitative estimate of drug-likeness (QED) is 0.335. The third-order valence-electron chi connectivity index (χ3n) is 4.99.